The fourth-order valence-corrected chi connectivity index (χ4v) is 3.52. The number of nitrogens with one attached hydrogen (secondary N) is 2. The van der Waals surface area contributed by atoms with E-state index in [-0.39, 0.29) is 11.8 Å². The van der Waals surface area contributed by atoms with Gasteiger partial charge in [-0.25, -0.2) is 4.68 Å². The van der Waals surface area contributed by atoms with E-state index in [4.69, 9.17) is 11.6 Å². The summed E-state index contributed by atoms with van der Waals surface area (Å²) in [5, 5.41) is 17.4. The van der Waals surface area contributed by atoms with Gasteiger partial charge < -0.3 is 10.6 Å². The molecule has 8 nitrogen and oxygen atoms in total. The van der Waals surface area contributed by atoms with Crippen LogP contribution >= 0.6 is 23.4 Å². The molecule has 1 atom stereocenters. The largest absolute Gasteiger partial charge is 0.340 e. The summed E-state index contributed by atoms with van der Waals surface area (Å²) >= 11 is 7.71. The van der Waals surface area contributed by atoms with Gasteiger partial charge in [0.05, 0.1) is 10.6 Å². The van der Waals surface area contributed by atoms with Gasteiger partial charge in [0.1, 0.15) is 6.04 Å². The molecule has 0 bridgehead atoms. The summed E-state index contributed by atoms with van der Waals surface area (Å²) in [7, 11) is 1.74. The maximum absolute atomic E-state index is 12.9. The number of halogens is 1. The van der Waals surface area contributed by atoms with Crippen molar-refractivity contribution in [1.29, 1.82) is 0 Å². The second-order valence-electron chi connectivity index (χ2n) is 6.48. The zero-order valence-electron chi connectivity index (χ0n) is 16.5. The van der Waals surface area contributed by atoms with Crippen molar-refractivity contribution in [3.63, 3.8) is 0 Å². The molecule has 30 heavy (non-hydrogen) atoms. The molecule has 0 saturated heterocycles. The Morgan fingerprint density at radius 2 is 2.00 bits per heavy atom. The first-order valence-corrected chi connectivity index (χ1v) is 10.9. The molecule has 0 radical (unpaired) electrons. The highest BCUT2D eigenvalue weighted by atomic mass is 35.5. The van der Waals surface area contributed by atoms with Crippen molar-refractivity contribution < 1.29 is 9.59 Å². The highest BCUT2D eigenvalue weighted by Gasteiger charge is 2.22. The third kappa shape index (κ3) is 5.37. The van der Waals surface area contributed by atoms with E-state index < -0.39 is 6.04 Å². The molecular formula is C20H21ClN6O2S. The molecule has 1 heterocycles. The number of nitrogens with zero attached hydrogens (tertiary/aromatic N) is 4. The smallest absolute Gasteiger partial charge is 0.253 e. The minimum atomic E-state index is -0.707. The van der Waals surface area contributed by atoms with Gasteiger partial charge in [0.25, 0.3) is 5.91 Å². The van der Waals surface area contributed by atoms with Crippen LogP contribution in [0.15, 0.2) is 48.5 Å². The maximum atomic E-state index is 12.9. The first-order valence-electron chi connectivity index (χ1n) is 9.17. The van der Waals surface area contributed by atoms with Gasteiger partial charge in [0.15, 0.2) is 5.82 Å². The molecule has 0 aliphatic heterocycles. The van der Waals surface area contributed by atoms with E-state index in [1.807, 2.05) is 12.3 Å². The summed E-state index contributed by atoms with van der Waals surface area (Å²) < 4.78 is 1.55. The van der Waals surface area contributed by atoms with Crippen molar-refractivity contribution in [2.75, 3.05) is 17.3 Å². The van der Waals surface area contributed by atoms with Crippen molar-refractivity contribution in [2.45, 2.75) is 12.5 Å². The molecule has 2 aromatic carbocycles. The number of anilines is 1. The van der Waals surface area contributed by atoms with E-state index in [2.05, 4.69) is 26.2 Å². The zero-order chi connectivity index (χ0) is 21.5. The van der Waals surface area contributed by atoms with Crippen LogP contribution in [0.1, 0.15) is 16.8 Å². The lowest BCUT2D eigenvalue weighted by atomic mass is 10.1. The van der Waals surface area contributed by atoms with Crippen molar-refractivity contribution in [3.05, 3.63) is 59.1 Å². The topological polar surface area (TPSA) is 102 Å². The number of aromatic nitrogens is 4. The number of hydrogen-bond donors (Lipinski definition) is 2. The highest BCUT2D eigenvalue weighted by molar-refractivity contribution is 7.98. The van der Waals surface area contributed by atoms with Crippen LogP contribution in [-0.4, -0.2) is 50.1 Å². The zero-order valence-corrected chi connectivity index (χ0v) is 18.1. The number of carbonyl (C=O) groups is 2. The van der Waals surface area contributed by atoms with Crippen LogP contribution in [0.25, 0.3) is 11.4 Å². The fraction of sp³-hybridized carbons (Fsp3) is 0.250. The number of tetrazole rings is 1. The molecule has 0 fully saturated rings. The average molecular weight is 445 g/mol. The number of hydrogen-bond acceptors (Lipinski definition) is 6. The van der Waals surface area contributed by atoms with Gasteiger partial charge in [-0.2, -0.15) is 11.8 Å². The summed E-state index contributed by atoms with van der Waals surface area (Å²) in [4.78, 5) is 25.6. The molecule has 3 aromatic rings. The molecule has 1 aromatic heterocycles. The molecular weight excluding hydrogens is 424 g/mol. The minimum absolute atomic E-state index is 0.308. The lowest BCUT2D eigenvalue weighted by molar-refractivity contribution is -0.118. The standard InChI is InChI=1S/C20H21ClN6O2S/c1-27-18(24-25-26-27)13-6-5-7-14(12-13)22-20(29)17(10-11-30-2)23-19(28)15-8-3-4-9-16(15)21/h3-9,12,17H,10-11H2,1-2H3,(H,22,29)(H,23,28). The van der Waals surface area contributed by atoms with Crippen molar-refractivity contribution in [2.24, 2.45) is 7.05 Å². The predicted octanol–water partition coefficient (Wildman–Crippen LogP) is 3.02. The lowest BCUT2D eigenvalue weighted by Gasteiger charge is -2.19. The summed E-state index contributed by atoms with van der Waals surface area (Å²) in [5.41, 5.74) is 1.68. The van der Waals surface area contributed by atoms with Gasteiger partial charge in [-0.3, -0.25) is 9.59 Å². The number of rotatable bonds is 8. The molecule has 10 heteroatoms. The van der Waals surface area contributed by atoms with E-state index in [1.165, 1.54) is 0 Å². The third-order valence-electron chi connectivity index (χ3n) is 4.36. The van der Waals surface area contributed by atoms with Crippen molar-refractivity contribution >= 4 is 40.9 Å². The number of benzene rings is 2. The molecule has 156 valence electrons. The highest BCUT2D eigenvalue weighted by Crippen LogP contribution is 2.20. The molecule has 0 saturated carbocycles. The monoisotopic (exact) mass is 444 g/mol. The third-order valence-corrected chi connectivity index (χ3v) is 5.33. The van der Waals surface area contributed by atoms with E-state index in [0.717, 1.165) is 5.56 Å². The molecule has 0 aliphatic carbocycles. The second-order valence-corrected chi connectivity index (χ2v) is 7.88. The Bertz CT molecular complexity index is 1040. The molecule has 1 unspecified atom stereocenters. The van der Waals surface area contributed by atoms with Crippen LogP contribution in [0.4, 0.5) is 5.69 Å². The molecule has 0 spiro atoms. The number of amides is 2. The number of aryl methyl sites for hydroxylation is 1. The molecule has 3 rings (SSSR count). The molecule has 2 N–H and O–H groups in total. The van der Waals surface area contributed by atoms with Gasteiger partial charge in [-0.15, -0.1) is 5.10 Å². The van der Waals surface area contributed by atoms with Crippen LogP contribution in [0.3, 0.4) is 0 Å². The van der Waals surface area contributed by atoms with Crippen LogP contribution in [0, 0.1) is 0 Å². The average Bonchev–Trinajstić information content (AvgIpc) is 3.17. The van der Waals surface area contributed by atoms with E-state index in [9.17, 15) is 9.59 Å². The maximum Gasteiger partial charge on any atom is 0.253 e. The lowest BCUT2D eigenvalue weighted by Crippen LogP contribution is -2.44. The Morgan fingerprint density at radius 3 is 2.70 bits per heavy atom. The molecule has 0 aliphatic rings. The summed E-state index contributed by atoms with van der Waals surface area (Å²) in [5.74, 6) is 0.599. The van der Waals surface area contributed by atoms with E-state index >= 15 is 0 Å². The SMILES string of the molecule is CSCCC(NC(=O)c1ccccc1Cl)C(=O)Nc1cccc(-c2nnnn2C)c1. The Balaban J connectivity index is 1.75. The fourth-order valence-electron chi connectivity index (χ4n) is 2.83. The first kappa shape index (κ1) is 21.8. The second kappa shape index (κ2) is 10.2. The predicted molar refractivity (Wildman–Crippen MR) is 119 cm³/mol. The van der Waals surface area contributed by atoms with E-state index in [1.54, 1.807) is 66.0 Å². The van der Waals surface area contributed by atoms with Crippen LogP contribution in [0.2, 0.25) is 5.02 Å². The Kier molecular flexibility index (Phi) is 7.42. The van der Waals surface area contributed by atoms with Crippen LogP contribution < -0.4 is 10.6 Å². The van der Waals surface area contributed by atoms with Gasteiger partial charge >= 0.3 is 0 Å². The summed E-state index contributed by atoms with van der Waals surface area (Å²) in [6, 6.07) is 13.2. The first-order chi connectivity index (χ1) is 14.5. The van der Waals surface area contributed by atoms with Gasteiger partial charge in [0.2, 0.25) is 5.91 Å². The normalized spacial score (nSPS) is 11.7. The Morgan fingerprint density at radius 1 is 1.20 bits per heavy atom. The Labute approximate surface area is 183 Å². The summed E-state index contributed by atoms with van der Waals surface area (Å²) in [6.45, 7) is 0. The van der Waals surface area contributed by atoms with E-state index in [0.29, 0.717) is 34.3 Å². The molecule has 2 amide bonds. The number of thioether (sulfide) groups is 1. The van der Waals surface area contributed by atoms with Gasteiger partial charge in [-0.1, -0.05) is 35.9 Å². The minimum Gasteiger partial charge on any atom is -0.340 e. The van der Waals surface area contributed by atoms with Crippen molar-refractivity contribution in [3.8, 4) is 11.4 Å². The van der Waals surface area contributed by atoms with Crippen LogP contribution in [-0.2, 0) is 11.8 Å². The van der Waals surface area contributed by atoms with Crippen molar-refractivity contribution in [1.82, 2.24) is 25.5 Å². The quantitative estimate of drug-likeness (QED) is 0.553. The van der Waals surface area contributed by atoms with Gasteiger partial charge in [-0.05, 0) is 53.1 Å². The van der Waals surface area contributed by atoms with Gasteiger partial charge in [0, 0.05) is 18.3 Å². The summed E-state index contributed by atoms with van der Waals surface area (Å²) in [6.07, 6.45) is 2.43. The van der Waals surface area contributed by atoms with Crippen LogP contribution in [0.5, 0.6) is 0 Å². The number of carbonyl (C=O) groups excluding carboxylic acids is 2. The Hall–Kier alpha value is -2.91.